The van der Waals surface area contributed by atoms with Crippen LogP contribution in [0.2, 0.25) is 5.02 Å². The highest BCUT2D eigenvalue weighted by molar-refractivity contribution is 6.31. The summed E-state index contributed by atoms with van der Waals surface area (Å²) in [6, 6.07) is 23.3. The monoisotopic (exact) mass is 555 g/mol. The van der Waals surface area contributed by atoms with E-state index in [-0.39, 0.29) is 29.7 Å². The lowest BCUT2D eigenvalue weighted by Crippen LogP contribution is -2.55. The molecule has 4 aromatic rings. The molecule has 0 saturated heterocycles. The van der Waals surface area contributed by atoms with Crippen LogP contribution in [0.4, 0.5) is 10.5 Å². The number of ether oxygens (including phenoxy) is 1. The number of halogens is 1. The van der Waals surface area contributed by atoms with Crippen molar-refractivity contribution in [1.29, 1.82) is 5.26 Å². The van der Waals surface area contributed by atoms with Crippen molar-refractivity contribution in [2.75, 3.05) is 4.90 Å². The average Bonchev–Trinajstić information content (AvgIpc) is 3.11. The summed E-state index contributed by atoms with van der Waals surface area (Å²) in [6.45, 7) is 5.41. The van der Waals surface area contributed by atoms with Gasteiger partial charge in [-0.1, -0.05) is 60.1 Å². The highest BCUT2D eigenvalue weighted by Crippen LogP contribution is 2.44. The van der Waals surface area contributed by atoms with E-state index < -0.39 is 28.8 Å². The number of rotatable bonds is 5. The number of hydrogen-bond donors (Lipinski definition) is 1. The second-order valence-corrected chi connectivity index (χ2v) is 11.0. The lowest BCUT2D eigenvalue weighted by molar-refractivity contribution is -0.124. The van der Waals surface area contributed by atoms with Crippen LogP contribution in [0.1, 0.15) is 43.0 Å². The molecule has 0 unspecified atom stereocenters. The summed E-state index contributed by atoms with van der Waals surface area (Å²) in [5.74, 6) is -0.428. The molecular weight excluding hydrogens is 530 g/mol. The van der Waals surface area contributed by atoms with Crippen LogP contribution in [0.3, 0.4) is 0 Å². The van der Waals surface area contributed by atoms with Crippen LogP contribution in [0.15, 0.2) is 82.0 Å². The summed E-state index contributed by atoms with van der Waals surface area (Å²) in [6.07, 6.45) is -1.02. The number of nitriles is 1. The molecule has 0 spiro atoms. The van der Waals surface area contributed by atoms with Crippen LogP contribution in [-0.4, -0.2) is 17.6 Å². The first-order valence-corrected chi connectivity index (χ1v) is 13.0. The van der Waals surface area contributed by atoms with Gasteiger partial charge in [-0.3, -0.25) is 4.79 Å². The Morgan fingerprint density at radius 3 is 2.48 bits per heavy atom. The Hall–Kier alpha value is -4.61. The normalized spacial score (nSPS) is 16.5. The Morgan fingerprint density at radius 2 is 1.77 bits per heavy atom. The molecule has 202 valence electrons. The number of hydrogen-bond acceptors (Lipinski definition) is 6. The van der Waals surface area contributed by atoms with Crippen molar-refractivity contribution in [2.45, 2.75) is 44.9 Å². The fourth-order valence-electron chi connectivity index (χ4n) is 5.06. The van der Waals surface area contributed by atoms with E-state index in [1.165, 1.54) is 6.07 Å². The number of fused-ring (bicyclic) bond motifs is 2. The average molecular weight is 556 g/mol. The molecule has 0 fully saturated rings. The molecule has 0 radical (unpaired) electrons. The Bertz CT molecular complexity index is 1740. The molecule has 8 nitrogen and oxygen atoms in total. The van der Waals surface area contributed by atoms with Gasteiger partial charge >= 0.3 is 11.7 Å². The number of carbonyl (C=O) groups is 2. The number of nitrogens with one attached hydrogen (secondary N) is 1. The summed E-state index contributed by atoms with van der Waals surface area (Å²) in [4.78, 5) is 42.3. The summed E-state index contributed by atoms with van der Waals surface area (Å²) < 4.78 is 11.0. The molecule has 40 heavy (non-hydrogen) atoms. The molecule has 0 bridgehead atoms. The van der Waals surface area contributed by atoms with Crippen LogP contribution in [0, 0.1) is 11.3 Å². The second-order valence-electron chi connectivity index (χ2n) is 10.6. The lowest BCUT2D eigenvalue weighted by Gasteiger charge is -2.32. The molecule has 5 rings (SSSR count). The van der Waals surface area contributed by atoms with E-state index in [9.17, 15) is 19.6 Å². The molecule has 9 heteroatoms. The van der Waals surface area contributed by atoms with E-state index in [0.29, 0.717) is 21.7 Å². The minimum absolute atomic E-state index is 0.166. The van der Waals surface area contributed by atoms with Crippen molar-refractivity contribution in [2.24, 2.45) is 0 Å². The van der Waals surface area contributed by atoms with Crippen molar-refractivity contribution in [3.63, 3.8) is 0 Å². The molecule has 1 aliphatic heterocycles. The SMILES string of the molecule is CC(C)(C)OC(=O)N[C@@]1(Cc2c(C#N)c(=O)oc3cc(Cl)ccc23)C(=O)N(Cc2ccccc2)c2ccccc21. The Labute approximate surface area is 235 Å². The number of anilines is 1. The fraction of sp³-hybridized carbons (Fsp3) is 0.226. The Morgan fingerprint density at radius 1 is 1.07 bits per heavy atom. The van der Waals surface area contributed by atoms with Crippen LogP contribution in [0.5, 0.6) is 0 Å². The van der Waals surface area contributed by atoms with Gasteiger partial charge < -0.3 is 19.4 Å². The fourth-order valence-corrected chi connectivity index (χ4v) is 5.22. The predicted molar refractivity (Wildman–Crippen MR) is 151 cm³/mol. The molecule has 1 aliphatic rings. The lowest BCUT2D eigenvalue weighted by atomic mass is 9.82. The Kier molecular flexibility index (Phi) is 6.86. The van der Waals surface area contributed by atoms with Crippen molar-refractivity contribution in [3.05, 3.63) is 110 Å². The van der Waals surface area contributed by atoms with Crippen molar-refractivity contribution >= 4 is 40.3 Å². The number of alkyl carbamates (subject to hydrolysis) is 1. The van der Waals surface area contributed by atoms with Gasteiger partial charge in [0.1, 0.15) is 22.8 Å². The third-order valence-electron chi connectivity index (χ3n) is 6.69. The predicted octanol–water partition coefficient (Wildman–Crippen LogP) is 5.83. The van der Waals surface area contributed by atoms with Crippen LogP contribution in [-0.2, 0) is 28.0 Å². The number of nitrogens with zero attached hydrogens (tertiary/aromatic N) is 2. The molecule has 0 saturated carbocycles. The molecule has 2 amide bonds. The second kappa shape index (κ2) is 10.2. The number of para-hydroxylation sites is 1. The van der Waals surface area contributed by atoms with Gasteiger partial charge in [-0.2, -0.15) is 5.26 Å². The number of carbonyl (C=O) groups excluding carboxylic acids is 2. The van der Waals surface area contributed by atoms with Gasteiger partial charge in [0.05, 0.1) is 12.2 Å². The topological polar surface area (TPSA) is 113 Å². The van der Waals surface area contributed by atoms with Gasteiger partial charge in [0.25, 0.3) is 5.91 Å². The van der Waals surface area contributed by atoms with Gasteiger partial charge in [-0.05, 0) is 50.1 Å². The largest absolute Gasteiger partial charge is 0.444 e. The standard InChI is InChI=1S/C31H26ClN3O5/c1-30(2,3)40-29(38)34-31(16-22-21-14-13-20(32)15-26(21)39-27(36)23(22)17-33)24-11-7-8-12-25(24)35(28(31)37)18-19-9-5-4-6-10-19/h4-15H,16,18H2,1-3H3,(H,34,38)/t31-/m1/s1. The van der Waals surface area contributed by atoms with E-state index in [1.54, 1.807) is 56.0 Å². The molecule has 1 N–H and O–H groups in total. The summed E-state index contributed by atoms with van der Waals surface area (Å²) in [7, 11) is 0. The zero-order valence-electron chi connectivity index (χ0n) is 22.2. The maximum Gasteiger partial charge on any atom is 0.408 e. The summed E-state index contributed by atoms with van der Waals surface area (Å²) in [5.41, 5.74) is -1.24. The molecule has 0 aliphatic carbocycles. The smallest absolute Gasteiger partial charge is 0.408 e. The van der Waals surface area contributed by atoms with E-state index in [2.05, 4.69) is 5.32 Å². The van der Waals surface area contributed by atoms with Crippen LogP contribution in [0.25, 0.3) is 11.0 Å². The van der Waals surface area contributed by atoms with Gasteiger partial charge in [0, 0.05) is 28.5 Å². The molecule has 1 atom stereocenters. The minimum Gasteiger partial charge on any atom is -0.444 e. The van der Waals surface area contributed by atoms with E-state index in [1.807, 2.05) is 42.5 Å². The van der Waals surface area contributed by atoms with Gasteiger partial charge in [-0.15, -0.1) is 0 Å². The first kappa shape index (κ1) is 27.0. The van der Waals surface area contributed by atoms with Crippen LogP contribution >= 0.6 is 11.6 Å². The Balaban J connectivity index is 1.73. The third-order valence-corrected chi connectivity index (χ3v) is 6.93. The van der Waals surface area contributed by atoms with Gasteiger partial charge in [-0.25, -0.2) is 9.59 Å². The molecular formula is C31H26ClN3O5. The molecule has 1 aromatic heterocycles. The van der Waals surface area contributed by atoms with Crippen molar-refractivity contribution < 1.29 is 18.7 Å². The maximum atomic E-state index is 14.5. The minimum atomic E-state index is -1.69. The highest BCUT2D eigenvalue weighted by Gasteiger charge is 2.53. The number of amides is 2. The molecule has 2 heterocycles. The zero-order chi connectivity index (χ0) is 28.7. The summed E-state index contributed by atoms with van der Waals surface area (Å²) >= 11 is 6.15. The van der Waals surface area contributed by atoms with E-state index >= 15 is 0 Å². The van der Waals surface area contributed by atoms with Crippen molar-refractivity contribution in [3.8, 4) is 6.07 Å². The maximum absolute atomic E-state index is 14.5. The first-order valence-electron chi connectivity index (χ1n) is 12.6. The van der Waals surface area contributed by atoms with Crippen molar-refractivity contribution in [1.82, 2.24) is 5.32 Å². The number of benzene rings is 3. The quantitative estimate of drug-likeness (QED) is 0.310. The molecule has 3 aromatic carbocycles. The van der Waals surface area contributed by atoms with Crippen LogP contribution < -0.4 is 15.8 Å². The zero-order valence-corrected chi connectivity index (χ0v) is 22.9. The van der Waals surface area contributed by atoms with Gasteiger partial charge in [0.2, 0.25) is 0 Å². The van der Waals surface area contributed by atoms with Gasteiger partial charge in [0.15, 0.2) is 5.54 Å². The highest BCUT2D eigenvalue weighted by atomic mass is 35.5. The van der Waals surface area contributed by atoms with E-state index in [0.717, 1.165) is 5.56 Å². The first-order chi connectivity index (χ1) is 19.0. The third kappa shape index (κ3) is 4.92. The summed E-state index contributed by atoms with van der Waals surface area (Å²) in [5, 5.41) is 13.6. The van der Waals surface area contributed by atoms with E-state index in [4.69, 9.17) is 20.8 Å².